The molecule has 0 atom stereocenters. The van der Waals surface area contributed by atoms with Gasteiger partial charge in [0.15, 0.2) is 11.4 Å². The number of nitro benzene ring substituents is 1. The van der Waals surface area contributed by atoms with Crippen LogP contribution in [0.15, 0.2) is 52.1 Å². The lowest BCUT2D eigenvalue weighted by atomic mass is 10.2. The molecule has 164 valence electrons. The van der Waals surface area contributed by atoms with E-state index in [0.717, 1.165) is 35.8 Å². The highest BCUT2D eigenvalue weighted by molar-refractivity contribution is 9.10. The van der Waals surface area contributed by atoms with Crippen molar-refractivity contribution < 1.29 is 9.72 Å². The highest BCUT2D eigenvalue weighted by Gasteiger charge is 2.18. The Morgan fingerprint density at radius 1 is 1.16 bits per heavy atom. The Morgan fingerprint density at radius 3 is 2.66 bits per heavy atom. The molecule has 0 spiro atoms. The third-order valence-corrected chi connectivity index (χ3v) is 6.49. The number of non-ortho nitro benzene ring substituents is 1. The van der Waals surface area contributed by atoms with Crippen molar-refractivity contribution in [2.24, 2.45) is 0 Å². The lowest BCUT2D eigenvalue weighted by molar-refractivity contribution is -0.384. The number of aryl methyl sites for hydroxylation is 1. The molecule has 2 heterocycles. The molecule has 4 rings (SSSR count). The summed E-state index contributed by atoms with van der Waals surface area (Å²) in [6.45, 7) is 2.86. The number of Topliss-reactive ketones (excluding diaryl/α,β-unsaturated/α-hetero) is 1. The number of fused-ring (bicyclic) bond motifs is 3. The van der Waals surface area contributed by atoms with Crippen LogP contribution in [0.25, 0.3) is 22.1 Å². The number of unbranched alkanes of at least 4 members (excludes halogenated alkanes) is 2. The third kappa shape index (κ3) is 4.66. The van der Waals surface area contributed by atoms with Gasteiger partial charge in [-0.15, -0.1) is 10.2 Å². The van der Waals surface area contributed by atoms with Gasteiger partial charge in [-0.1, -0.05) is 59.6 Å². The SMILES string of the molecule is CCCCCn1c2ccc([N+](=O)[O-])cc2c2nnc(SCC(=O)c3ccc(Br)cc3)nc21. The summed E-state index contributed by atoms with van der Waals surface area (Å²) in [4.78, 5) is 28.0. The molecular formula is C22H20BrN5O3S. The van der Waals surface area contributed by atoms with Crippen LogP contribution in [0.4, 0.5) is 5.69 Å². The Balaban J connectivity index is 1.67. The first kappa shape index (κ1) is 22.3. The normalized spacial score (nSPS) is 11.3. The van der Waals surface area contributed by atoms with Crippen LogP contribution in [-0.4, -0.2) is 36.2 Å². The van der Waals surface area contributed by atoms with E-state index in [1.54, 1.807) is 18.2 Å². The van der Waals surface area contributed by atoms with E-state index >= 15 is 0 Å². The highest BCUT2D eigenvalue weighted by Crippen LogP contribution is 2.31. The number of hydrogen-bond donors (Lipinski definition) is 0. The van der Waals surface area contributed by atoms with Crippen LogP contribution in [0.1, 0.15) is 36.5 Å². The van der Waals surface area contributed by atoms with Gasteiger partial charge in [-0.2, -0.15) is 0 Å². The number of thioether (sulfide) groups is 1. The van der Waals surface area contributed by atoms with Crippen molar-refractivity contribution in [1.82, 2.24) is 19.7 Å². The number of benzene rings is 2. The van der Waals surface area contributed by atoms with Crippen LogP contribution in [-0.2, 0) is 6.54 Å². The summed E-state index contributed by atoms with van der Waals surface area (Å²) >= 11 is 4.59. The molecule has 0 aliphatic rings. The largest absolute Gasteiger partial charge is 0.324 e. The van der Waals surface area contributed by atoms with Gasteiger partial charge in [-0.25, -0.2) is 4.98 Å². The molecule has 2 aromatic heterocycles. The van der Waals surface area contributed by atoms with Gasteiger partial charge in [0.1, 0.15) is 5.52 Å². The maximum atomic E-state index is 12.5. The summed E-state index contributed by atoms with van der Waals surface area (Å²) in [5, 5.41) is 20.8. The Morgan fingerprint density at radius 2 is 1.94 bits per heavy atom. The number of hydrogen-bond acceptors (Lipinski definition) is 7. The average Bonchev–Trinajstić information content (AvgIpc) is 3.10. The van der Waals surface area contributed by atoms with Crippen LogP contribution < -0.4 is 0 Å². The first-order valence-corrected chi connectivity index (χ1v) is 12.0. The number of carbonyl (C=O) groups is 1. The molecule has 32 heavy (non-hydrogen) atoms. The van der Waals surface area contributed by atoms with Crippen molar-refractivity contribution in [3.63, 3.8) is 0 Å². The third-order valence-electron chi connectivity index (χ3n) is 5.13. The van der Waals surface area contributed by atoms with Gasteiger partial charge in [0.2, 0.25) is 5.16 Å². The number of carbonyl (C=O) groups excluding carboxylic acids is 1. The molecule has 0 amide bonds. The summed E-state index contributed by atoms with van der Waals surface area (Å²) in [7, 11) is 0. The molecule has 0 aliphatic heterocycles. The minimum atomic E-state index is -0.418. The Hall–Kier alpha value is -2.85. The number of ketones is 1. The topological polar surface area (TPSA) is 104 Å². The van der Waals surface area contributed by atoms with E-state index in [0.29, 0.717) is 27.3 Å². The van der Waals surface area contributed by atoms with E-state index in [1.807, 2.05) is 16.7 Å². The van der Waals surface area contributed by atoms with Crippen molar-refractivity contribution in [2.45, 2.75) is 37.9 Å². The molecule has 0 fully saturated rings. The number of nitro groups is 1. The molecule has 10 heteroatoms. The van der Waals surface area contributed by atoms with Gasteiger partial charge >= 0.3 is 0 Å². The molecule has 0 saturated heterocycles. The maximum absolute atomic E-state index is 12.5. The second kappa shape index (κ2) is 9.74. The quantitative estimate of drug-likeness (QED) is 0.0912. The number of rotatable bonds is 9. The Bertz CT molecular complexity index is 1310. The molecular weight excluding hydrogens is 494 g/mol. The van der Waals surface area contributed by atoms with Crippen LogP contribution in [0.5, 0.6) is 0 Å². The predicted octanol–water partition coefficient (Wildman–Crippen LogP) is 5.82. The van der Waals surface area contributed by atoms with Crippen LogP contribution >= 0.6 is 27.7 Å². The molecule has 0 radical (unpaired) electrons. The molecule has 0 aliphatic carbocycles. The van der Waals surface area contributed by atoms with E-state index < -0.39 is 4.92 Å². The molecule has 0 saturated carbocycles. The molecule has 0 unspecified atom stereocenters. The second-order valence-corrected chi connectivity index (χ2v) is 9.16. The summed E-state index contributed by atoms with van der Waals surface area (Å²) in [6.07, 6.45) is 3.10. The first-order chi connectivity index (χ1) is 15.5. The summed E-state index contributed by atoms with van der Waals surface area (Å²) in [5.74, 6) is 0.168. The fourth-order valence-electron chi connectivity index (χ4n) is 3.50. The van der Waals surface area contributed by atoms with Crippen LogP contribution in [0.2, 0.25) is 0 Å². The van der Waals surface area contributed by atoms with E-state index in [1.165, 1.54) is 23.9 Å². The van der Waals surface area contributed by atoms with E-state index in [4.69, 9.17) is 0 Å². The van der Waals surface area contributed by atoms with E-state index in [-0.39, 0.29) is 17.2 Å². The number of aromatic nitrogens is 4. The number of halogens is 1. The minimum Gasteiger partial charge on any atom is -0.324 e. The van der Waals surface area contributed by atoms with E-state index in [9.17, 15) is 14.9 Å². The van der Waals surface area contributed by atoms with Crippen molar-refractivity contribution in [2.75, 3.05) is 5.75 Å². The van der Waals surface area contributed by atoms with Gasteiger partial charge in [0.25, 0.3) is 5.69 Å². The number of nitrogens with zero attached hydrogens (tertiary/aromatic N) is 5. The van der Waals surface area contributed by atoms with Gasteiger partial charge in [0.05, 0.1) is 16.2 Å². The summed E-state index contributed by atoms with van der Waals surface area (Å²) in [5.41, 5.74) is 2.63. The zero-order valence-electron chi connectivity index (χ0n) is 17.3. The maximum Gasteiger partial charge on any atom is 0.270 e. The van der Waals surface area contributed by atoms with Gasteiger partial charge in [-0.05, 0) is 24.6 Å². The zero-order valence-corrected chi connectivity index (χ0v) is 19.7. The average molecular weight is 514 g/mol. The fourth-order valence-corrected chi connectivity index (χ4v) is 4.44. The predicted molar refractivity (Wildman–Crippen MR) is 128 cm³/mol. The van der Waals surface area contributed by atoms with Gasteiger partial charge in [0, 0.05) is 34.1 Å². The molecule has 4 aromatic rings. The molecule has 8 nitrogen and oxygen atoms in total. The summed E-state index contributed by atoms with van der Waals surface area (Å²) < 4.78 is 2.95. The van der Waals surface area contributed by atoms with E-state index in [2.05, 4.69) is 38.0 Å². The Kier molecular flexibility index (Phi) is 6.80. The molecule has 2 aromatic carbocycles. The monoisotopic (exact) mass is 513 g/mol. The fraction of sp³-hybridized carbons (Fsp3) is 0.273. The Labute approximate surface area is 196 Å². The van der Waals surface area contributed by atoms with Crippen molar-refractivity contribution in [1.29, 1.82) is 0 Å². The smallest absolute Gasteiger partial charge is 0.270 e. The standard InChI is InChI=1S/C22H20BrN5O3S/c1-2-3-4-11-27-18-10-9-16(28(30)31)12-17(18)20-21(27)24-22(26-25-20)32-13-19(29)14-5-7-15(23)8-6-14/h5-10,12H,2-4,11,13H2,1H3. The summed E-state index contributed by atoms with van der Waals surface area (Å²) in [6, 6.07) is 12.0. The highest BCUT2D eigenvalue weighted by atomic mass is 79.9. The lowest BCUT2D eigenvalue weighted by Crippen LogP contribution is -2.04. The van der Waals surface area contributed by atoms with Crippen molar-refractivity contribution >= 4 is 61.2 Å². The van der Waals surface area contributed by atoms with Crippen LogP contribution in [0.3, 0.4) is 0 Å². The van der Waals surface area contributed by atoms with Gasteiger partial charge < -0.3 is 4.57 Å². The van der Waals surface area contributed by atoms with Gasteiger partial charge in [-0.3, -0.25) is 14.9 Å². The lowest BCUT2D eigenvalue weighted by Gasteiger charge is -2.06. The molecule has 0 N–H and O–H groups in total. The minimum absolute atomic E-state index is 0.00505. The van der Waals surface area contributed by atoms with Crippen LogP contribution in [0, 0.1) is 10.1 Å². The van der Waals surface area contributed by atoms with Crippen molar-refractivity contribution in [3.05, 3.63) is 62.6 Å². The molecule has 0 bridgehead atoms. The second-order valence-electron chi connectivity index (χ2n) is 7.30. The van der Waals surface area contributed by atoms with Crippen molar-refractivity contribution in [3.8, 4) is 0 Å². The first-order valence-electron chi connectivity index (χ1n) is 10.2. The zero-order chi connectivity index (χ0) is 22.7.